The highest BCUT2D eigenvalue weighted by molar-refractivity contribution is 5.90. The zero-order chi connectivity index (χ0) is 20.0. The first-order chi connectivity index (χ1) is 13.4. The van der Waals surface area contributed by atoms with Gasteiger partial charge in [0, 0.05) is 11.1 Å². The monoisotopic (exact) mass is 374 g/mol. The fourth-order valence-electron chi connectivity index (χ4n) is 3.53. The summed E-state index contributed by atoms with van der Waals surface area (Å²) in [5, 5.41) is 0. The van der Waals surface area contributed by atoms with E-state index in [1.807, 2.05) is 36.4 Å². The summed E-state index contributed by atoms with van der Waals surface area (Å²) in [4.78, 5) is 25.5. The minimum Gasteiger partial charge on any atom is -0.422 e. The summed E-state index contributed by atoms with van der Waals surface area (Å²) < 4.78 is 11.0. The van der Waals surface area contributed by atoms with Gasteiger partial charge in [0.25, 0.3) is 0 Å². The van der Waals surface area contributed by atoms with Gasteiger partial charge in [0.2, 0.25) is 0 Å². The van der Waals surface area contributed by atoms with Gasteiger partial charge in [-0.2, -0.15) is 0 Å². The molecule has 0 fully saturated rings. The average Bonchev–Trinajstić information content (AvgIpc) is 2.89. The minimum atomic E-state index is -0.520. The number of fused-ring (bicyclic) bond motifs is 2. The van der Waals surface area contributed by atoms with Crippen molar-refractivity contribution in [2.24, 2.45) is 0 Å². The molecule has 0 amide bonds. The van der Waals surface area contributed by atoms with Crippen LogP contribution in [0.2, 0.25) is 0 Å². The number of furan rings is 2. The maximum absolute atomic E-state index is 12.8. The lowest BCUT2D eigenvalue weighted by Crippen LogP contribution is -2.04. The maximum atomic E-state index is 12.8. The van der Waals surface area contributed by atoms with E-state index < -0.39 is 11.3 Å². The molecule has 2 aliphatic heterocycles. The Labute approximate surface area is 163 Å². The van der Waals surface area contributed by atoms with E-state index in [2.05, 4.69) is 27.7 Å². The summed E-state index contributed by atoms with van der Waals surface area (Å²) in [5.41, 5.74) is 2.90. The fraction of sp³-hybridized carbons (Fsp3) is 0.250. The second-order valence-corrected chi connectivity index (χ2v) is 7.73. The maximum Gasteiger partial charge on any atom is 0.345 e. The molecule has 0 saturated heterocycles. The van der Waals surface area contributed by atoms with Gasteiger partial charge in [-0.05, 0) is 47.2 Å². The summed E-state index contributed by atoms with van der Waals surface area (Å²) in [5.74, 6) is 1.47. The summed E-state index contributed by atoms with van der Waals surface area (Å²) >= 11 is 0. The van der Waals surface area contributed by atoms with Gasteiger partial charge in [0.1, 0.15) is 11.5 Å². The first-order valence-electron chi connectivity index (χ1n) is 9.50. The molecular weight excluding hydrogens is 352 g/mol. The Morgan fingerprint density at radius 3 is 1.39 bits per heavy atom. The van der Waals surface area contributed by atoms with Crippen molar-refractivity contribution in [3.8, 4) is 33.8 Å². The van der Waals surface area contributed by atoms with Crippen LogP contribution in [0.1, 0.15) is 50.7 Å². The summed E-state index contributed by atoms with van der Waals surface area (Å²) in [7, 11) is 0. The highest BCUT2D eigenvalue weighted by Gasteiger charge is 2.28. The SMILES string of the molecule is CC(C)c1cccc2oc(=O)c(-c3c4cc(C(C)C)cccc-4oc3=O)c-2c1. The molecule has 0 aromatic rings. The van der Waals surface area contributed by atoms with Crippen LogP contribution in [0, 0.1) is 0 Å². The van der Waals surface area contributed by atoms with Crippen molar-refractivity contribution in [1.82, 2.24) is 0 Å². The Morgan fingerprint density at radius 1 is 0.643 bits per heavy atom. The first-order valence-corrected chi connectivity index (χ1v) is 9.50. The fourth-order valence-corrected chi connectivity index (χ4v) is 3.53. The molecule has 0 N–H and O–H groups in total. The molecule has 0 radical (unpaired) electrons. The van der Waals surface area contributed by atoms with Crippen molar-refractivity contribution in [2.75, 3.05) is 0 Å². The Bertz CT molecular complexity index is 1110. The molecule has 142 valence electrons. The van der Waals surface area contributed by atoms with Crippen LogP contribution in [-0.2, 0) is 0 Å². The molecule has 0 aromatic heterocycles. The number of rotatable bonds is 3. The predicted octanol–water partition coefficient (Wildman–Crippen LogP) is 5.72. The lowest BCUT2D eigenvalue weighted by molar-refractivity contribution is 0.541. The molecule has 4 heteroatoms. The van der Waals surface area contributed by atoms with Gasteiger partial charge in [-0.1, -0.05) is 52.0 Å². The minimum absolute atomic E-state index is 0.270. The molecule has 4 nitrogen and oxygen atoms in total. The largest absolute Gasteiger partial charge is 0.422 e. The molecule has 0 saturated carbocycles. The van der Waals surface area contributed by atoms with E-state index in [4.69, 9.17) is 8.83 Å². The quantitative estimate of drug-likeness (QED) is 0.460. The number of hydrogen-bond donors (Lipinski definition) is 0. The molecule has 4 aliphatic rings. The standard InChI is InChI=1S/C24H22O4/c1-13(2)15-7-5-9-19-17(11-15)21(23(25)27-19)22-18-12-16(14(3)4)8-6-10-20(18)28-24(22)26/h5-14H,1-4H3. The lowest BCUT2D eigenvalue weighted by atomic mass is 9.96. The lowest BCUT2D eigenvalue weighted by Gasteiger charge is -2.04. The van der Waals surface area contributed by atoms with Crippen molar-refractivity contribution in [1.29, 1.82) is 0 Å². The van der Waals surface area contributed by atoms with E-state index in [0.29, 0.717) is 22.6 Å². The molecule has 0 unspecified atom stereocenters. The van der Waals surface area contributed by atoms with Gasteiger partial charge in [-0.25, -0.2) is 9.59 Å². The highest BCUT2D eigenvalue weighted by Crippen LogP contribution is 2.38. The van der Waals surface area contributed by atoms with Crippen LogP contribution in [0.3, 0.4) is 0 Å². The van der Waals surface area contributed by atoms with Crippen LogP contribution in [0.4, 0.5) is 0 Å². The highest BCUT2D eigenvalue weighted by atomic mass is 16.4. The normalized spacial score (nSPS) is 11.8. The van der Waals surface area contributed by atoms with Crippen molar-refractivity contribution >= 4 is 0 Å². The molecule has 2 heterocycles. The first kappa shape index (κ1) is 18.2. The summed E-state index contributed by atoms with van der Waals surface area (Å²) in [6, 6.07) is 15.1. The third-order valence-electron chi connectivity index (χ3n) is 5.16. The van der Waals surface area contributed by atoms with Gasteiger partial charge in [0.05, 0.1) is 11.1 Å². The molecule has 0 spiro atoms. The molecule has 28 heavy (non-hydrogen) atoms. The summed E-state index contributed by atoms with van der Waals surface area (Å²) in [6.45, 7) is 8.33. The van der Waals surface area contributed by atoms with Crippen molar-refractivity contribution < 1.29 is 8.83 Å². The van der Waals surface area contributed by atoms with E-state index in [-0.39, 0.29) is 23.0 Å². The Hall–Kier alpha value is -3.14. The van der Waals surface area contributed by atoms with Crippen molar-refractivity contribution in [3.05, 3.63) is 80.5 Å². The Kier molecular flexibility index (Phi) is 4.42. The van der Waals surface area contributed by atoms with Crippen LogP contribution in [0.25, 0.3) is 33.8 Å². The van der Waals surface area contributed by atoms with Gasteiger partial charge in [-0.15, -0.1) is 0 Å². The van der Waals surface area contributed by atoms with Crippen LogP contribution in [0.5, 0.6) is 0 Å². The van der Waals surface area contributed by atoms with E-state index in [1.165, 1.54) is 0 Å². The van der Waals surface area contributed by atoms with Crippen molar-refractivity contribution in [3.63, 3.8) is 0 Å². The van der Waals surface area contributed by atoms with E-state index >= 15 is 0 Å². The number of hydrogen-bond acceptors (Lipinski definition) is 4. The van der Waals surface area contributed by atoms with Gasteiger partial charge < -0.3 is 8.83 Å². The topological polar surface area (TPSA) is 60.4 Å². The third-order valence-corrected chi connectivity index (χ3v) is 5.16. The smallest absolute Gasteiger partial charge is 0.345 e. The van der Waals surface area contributed by atoms with Crippen LogP contribution in [-0.4, -0.2) is 0 Å². The zero-order valence-electron chi connectivity index (χ0n) is 16.4. The van der Waals surface area contributed by atoms with E-state index in [9.17, 15) is 9.59 Å². The van der Waals surface area contributed by atoms with Gasteiger partial charge in [0.15, 0.2) is 0 Å². The van der Waals surface area contributed by atoms with Crippen LogP contribution < -0.4 is 11.3 Å². The molecule has 2 aliphatic carbocycles. The Balaban J connectivity index is 2.09. The van der Waals surface area contributed by atoms with Gasteiger partial charge >= 0.3 is 11.3 Å². The second kappa shape index (κ2) is 6.79. The molecule has 0 bridgehead atoms. The zero-order valence-corrected chi connectivity index (χ0v) is 16.4. The predicted molar refractivity (Wildman–Crippen MR) is 110 cm³/mol. The van der Waals surface area contributed by atoms with E-state index in [1.54, 1.807) is 12.1 Å². The Morgan fingerprint density at radius 2 is 1.04 bits per heavy atom. The van der Waals surface area contributed by atoms with Crippen molar-refractivity contribution in [2.45, 2.75) is 39.5 Å². The molecular formula is C24H22O4. The van der Waals surface area contributed by atoms with Gasteiger partial charge in [-0.3, -0.25) is 0 Å². The average molecular weight is 374 g/mol. The third kappa shape index (κ3) is 2.95. The molecule has 0 atom stereocenters. The summed E-state index contributed by atoms with van der Waals surface area (Å²) in [6.07, 6.45) is 0. The van der Waals surface area contributed by atoms with Crippen LogP contribution in [0.15, 0.2) is 67.0 Å². The van der Waals surface area contributed by atoms with E-state index in [0.717, 1.165) is 11.1 Å². The molecule has 4 rings (SSSR count). The second-order valence-electron chi connectivity index (χ2n) is 7.73. The van der Waals surface area contributed by atoms with Crippen LogP contribution >= 0.6 is 0 Å². The molecule has 0 aromatic carbocycles.